The molecule has 1 amide bonds. The lowest BCUT2D eigenvalue weighted by Crippen LogP contribution is -2.28. The van der Waals surface area contributed by atoms with Crippen LogP contribution < -0.4 is 4.31 Å². The molecule has 0 spiro atoms. The molecule has 1 aromatic carbocycles. The predicted molar refractivity (Wildman–Crippen MR) is 88.7 cm³/mol. The summed E-state index contributed by atoms with van der Waals surface area (Å²) < 4.78 is 24.8. The molecule has 1 aliphatic heterocycles. The van der Waals surface area contributed by atoms with Crippen LogP contribution in [0, 0.1) is 0 Å². The van der Waals surface area contributed by atoms with Crippen LogP contribution in [0.1, 0.15) is 28.8 Å². The lowest BCUT2D eigenvalue weighted by molar-refractivity contribution is 0.0794. The Kier molecular flexibility index (Phi) is 4.90. The number of benzene rings is 1. The van der Waals surface area contributed by atoms with E-state index >= 15 is 0 Å². The number of sulfonamides is 1. The number of rotatable bonds is 6. The van der Waals surface area contributed by atoms with Crippen LogP contribution in [0.3, 0.4) is 0 Å². The molecule has 1 heterocycles. The monoisotopic (exact) mass is 322 g/mol. The van der Waals surface area contributed by atoms with Crippen LogP contribution >= 0.6 is 0 Å². The smallest absolute Gasteiger partial charge is 0.253 e. The minimum absolute atomic E-state index is 0.0373. The summed E-state index contributed by atoms with van der Waals surface area (Å²) in [5.41, 5.74) is 2.21. The highest BCUT2D eigenvalue weighted by molar-refractivity contribution is 7.92. The molecular weight excluding hydrogens is 300 g/mol. The molecule has 5 nitrogen and oxygen atoms in total. The average Bonchev–Trinajstić information content (AvgIpc) is 2.89. The van der Waals surface area contributed by atoms with E-state index in [1.54, 1.807) is 24.1 Å². The number of amides is 1. The third-order valence-electron chi connectivity index (χ3n) is 3.83. The molecule has 6 heteroatoms. The second-order valence-electron chi connectivity index (χ2n) is 5.59. The van der Waals surface area contributed by atoms with Crippen molar-refractivity contribution >= 4 is 21.6 Å². The van der Waals surface area contributed by atoms with E-state index in [-0.39, 0.29) is 5.91 Å². The van der Waals surface area contributed by atoms with Crippen LogP contribution in [0.25, 0.3) is 0 Å². The van der Waals surface area contributed by atoms with Crippen LogP contribution in [0.2, 0.25) is 0 Å². The predicted octanol–water partition coefficient (Wildman–Crippen LogP) is 2.05. The molecule has 0 unspecified atom stereocenters. The van der Waals surface area contributed by atoms with Gasteiger partial charge in [0, 0.05) is 25.7 Å². The Morgan fingerprint density at radius 2 is 2.18 bits per heavy atom. The van der Waals surface area contributed by atoms with E-state index in [1.165, 1.54) is 10.6 Å². The van der Waals surface area contributed by atoms with Crippen LogP contribution in [0.4, 0.5) is 5.69 Å². The van der Waals surface area contributed by atoms with E-state index in [0.717, 1.165) is 18.4 Å². The average molecular weight is 322 g/mol. The van der Waals surface area contributed by atoms with Gasteiger partial charge in [0.25, 0.3) is 5.91 Å². The van der Waals surface area contributed by atoms with Crippen LogP contribution in [-0.4, -0.2) is 45.6 Å². The van der Waals surface area contributed by atoms with Crippen LogP contribution in [0.15, 0.2) is 30.9 Å². The molecule has 0 saturated carbocycles. The van der Waals surface area contributed by atoms with E-state index in [4.69, 9.17) is 0 Å². The summed E-state index contributed by atoms with van der Waals surface area (Å²) in [5.74, 6) is -0.0373. The molecule has 0 fully saturated rings. The SMILES string of the molecule is C=CCCCN(C)C(=O)c1ccc2c(c1)CCN2S(C)(=O)=O. The van der Waals surface area contributed by atoms with Gasteiger partial charge in [0.05, 0.1) is 11.9 Å². The Morgan fingerprint density at radius 1 is 1.45 bits per heavy atom. The first-order valence-corrected chi connectivity index (χ1v) is 9.16. The zero-order chi connectivity index (χ0) is 16.3. The molecule has 0 radical (unpaired) electrons. The quantitative estimate of drug-likeness (QED) is 0.595. The molecule has 0 atom stereocenters. The van der Waals surface area contributed by atoms with Crippen LogP contribution in [0.5, 0.6) is 0 Å². The van der Waals surface area contributed by atoms with Gasteiger partial charge in [-0.15, -0.1) is 6.58 Å². The number of hydrogen-bond acceptors (Lipinski definition) is 3. The normalized spacial score (nSPS) is 13.8. The second kappa shape index (κ2) is 6.52. The Hall–Kier alpha value is -1.82. The fourth-order valence-corrected chi connectivity index (χ4v) is 3.60. The molecule has 1 aliphatic rings. The van der Waals surface area contributed by atoms with Crippen molar-refractivity contribution in [2.24, 2.45) is 0 Å². The molecule has 120 valence electrons. The Balaban J connectivity index is 2.15. The topological polar surface area (TPSA) is 57.7 Å². The summed E-state index contributed by atoms with van der Waals surface area (Å²) in [6.07, 6.45) is 5.45. The molecule has 0 bridgehead atoms. The molecule has 22 heavy (non-hydrogen) atoms. The number of unbranched alkanes of at least 4 members (excludes halogenated alkanes) is 1. The van der Waals surface area contributed by atoms with Gasteiger partial charge in [0.15, 0.2) is 0 Å². The Bertz CT molecular complexity index is 683. The van der Waals surface area contributed by atoms with Gasteiger partial charge in [-0.2, -0.15) is 0 Å². The van der Waals surface area contributed by atoms with E-state index < -0.39 is 10.0 Å². The van der Waals surface area contributed by atoms with Gasteiger partial charge in [-0.1, -0.05) is 6.08 Å². The first-order valence-electron chi connectivity index (χ1n) is 7.31. The maximum absolute atomic E-state index is 12.4. The zero-order valence-electron chi connectivity index (χ0n) is 13.1. The molecular formula is C16H22N2O3S. The highest BCUT2D eigenvalue weighted by atomic mass is 32.2. The maximum Gasteiger partial charge on any atom is 0.253 e. The minimum Gasteiger partial charge on any atom is -0.342 e. The van der Waals surface area contributed by atoms with Gasteiger partial charge in [0.1, 0.15) is 0 Å². The number of carbonyl (C=O) groups is 1. The van der Waals surface area contributed by atoms with Gasteiger partial charge >= 0.3 is 0 Å². The number of anilines is 1. The maximum atomic E-state index is 12.4. The van der Waals surface area contributed by atoms with Crippen molar-refractivity contribution in [1.29, 1.82) is 0 Å². The fraction of sp³-hybridized carbons (Fsp3) is 0.438. The highest BCUT2D eigenvalue weighted by Crippen LogP contribution is 2.30. The van der Waals surface area contributed by atoms with Crippen LogP contribution in [-0.2, 0) is 16.4 Å². The summed E-state index contributed by atoms with van der Waals surface area (Å²) in [6, 6.07) is 5.25. The van der Waals surface area contributed by atoms with Crippen molar-refractivity contribution in [1.82, 2.24) is 4.90 Å². The number of allylic oxidation sites excluding steroid dienone is 1. The summed E-state index contributed by atoms with van der Waals surface area (Å²) >= 11 is 0. The number of hydrogen-bond donors (Lipinski definition) is 0. The van der Waals surface area contributed by atoms with E-state index in [0.29, 0.717) is 30.8 Å². The Labute approximate surface area is 132 Å². The van der Waals surface area contributed by atoms with E-state index in [1.807, 2.05) is 12.1 Å². The van der Waals surface area contributed by atoms with Crippen molar-refractivity contribution in [2.75, 3.05) is 30.7 Å². The molecule has 0 aliphatic carbocycles. The molecule has 0 N–H and O–H groups in total. The molecule has 0 aromatic heterocycles. The summed E-state index contributed by atoms with van der Waals surface area (Å²) in [4.78, 5) is 14.1. The van der Waals surface area contributed by atoms with Crippen molar-refractivity contribution in [3.8, 4) is 0 Å². The number of carbonyl (C=O) groups excluding carboxylic acids is 1. The van der Waals surface area contributed by atoms with Gasteiger partial charge in [-0.05, 0) is 43.0 Å². The standard InChI is InChI=1S/C16H22N2O3S/c1-4-5-6-10-17(2)16(19)14-7-8-15-13(12-14)9-11-18(15)22(3,20)21/h4,7-8,12H,1,5-6,9-11H2,2-3H3. The van der Waals surface area contributed by atoms with Gasteiger partial charge in [-0.3, -0.25) is 9.10 Å². The highest BCUT2D eigenvalue weighted by Gasteiger charge is 2.27. The summed E-state index contributed by atoms with van der Waals surface area (Å²) in [6.45, 7) is 4.79. The summed E-state index contributed by atoms with van der Waals surface area (Å²) in [7, 11) is -1.47. The molecule has 2 rings (SSSR count). The third-order valence-corrected chi connectivity index (χ3v) is 5.01. The minimum atomic E-state index is -3.25. The van der Waals surface area contributed by atoms with Gasteiger partial charge in [0.2, 0.25) is 10.0 Å². The molecule has 1 aromatic rings. The van der Waals surface area contributed by atoms with Crippen molar-refractivity contribution in [3.63, 3.8) is 0 Å². The van der Waals surface area contributed by atoms with Crippen molar-refractivity contribution < 1.29 is 13.2 Å². The second-order valence-corrected chi connectivity index (χ2v) is 7.49. The number of fused-ring (bicyclic) bond motifs is 1. The van der Waals surface area contributed by atoms with Crippen molar-refractivity contribution in [2.45, 2.75) is 19.3 Å². The molecule has 0 saturated heterocycles. The largest absolute Gasteiger partial charge is 0.342 e. The van der Waals surface area contributed by atoms with Gasteiger partial charge in [-0.25, -0.2) is 8.42 Å². The third kappa shape index (κ3) is 3.50. The Morgan fingerprint density at radius 3 is 2.82 bits per heavy atom. The summed E-state index contributed by atoms with van der Waals surface area (Å²) in [5, 5.41) is 0. The van der Waals surface area contributed by atoms with Gasteiger partial charge < -0.3 is 4.90 Å². The fourth-order valence-electron chi connectivity index (χ4n) is 2.64. The first-order chi connectivity index (χ1) is 10.3. The van der Waals surface area contributed by atoms with E-state index in [9.17, 15) is 13.2 Å². The zero-order valence-corrected chi connectivity index (χ0v) is 13.9. The first kappa shape index (κ1) is 16.5. The lowest BCUT2D eigenvalue weighted by atomic mass is 10.1. The van der Waals surface area contributed by atoms with E-state index in [2.05, 4.69) is 6.58 Å². The van der Waals surface area contributed by atoms with Crippen molar-refractivity contribution in [3.05, 3.63) is 42.0 Å². The lowest BCUT2D eigenvalue weighted by Gasteiger charge is -2.19. The number of nitrogens with zero attached hydrogens (tertiary/aromatic N) is 2.